The average Bonchev–Trinajstić information content (AvgIpc) is 2.38. The molecule has 4 heteroatoms. The van der Waals surface area contributed by atoms with Gasteiger partial charge in [-0.25, -0.2) is 4.79 Å². The van der Waals surface area contributed by atoms with Gasteiger partial charge in [-0.15, -0.1) is 0 Å². The molecular formula is C14H18O4. The molecule has 98 valence electrons. The molecule has 0 spiro atoms. The molecule has 0 heterocycles. The van der Waals surface area contributed by atoms with Gasteiger partial charge in [-0.2, -0.15) is 0 Å². The Morgan fingerprint density at radius 1 is 1.56 bits per heavy atom. The van der Waals surface area contributed by atoms with Crippen LogP contribution in [0.2, 0.25) is 0 Å². The van der Waals surface area contributed by atoms with Gasteiger partial charge in [-0.3, -0.25) is 0 Å². The molecule has 1 aliphatic carbocycles. The quantitative estimate of drug-likeness (QED) is 0.857. The van der Waals surface area contributed by atoms with Crippen LogP contribution in [-0.2, 0) is 11.2 Å². The van der Waals surface area contributed by atoms with Gasteiger partial charge < -0.3 is 14.9 Å². The van der Waals surface area contributed by atoms with E-state index in [9.17, 15) is 9.90 Å². The third kappa shape index (κ3) is 2.48. The molecule has 4 nitrogen and oxygen atoms in total. The topological polar surface area (TPSA) is 66.8 Å². The number of hydrogen-bond donors (Lipinski definition) is 2. The predicted octanol–water partition coefficient (Wildman–Crippen LogP) is 1.95. The standard InChI is InChI=1S/C14H18O4/c1-9(14(16)17)18-13-7-3-5-11-10(8-15)4-2-6-12(11)13/h3,5,7,9-10,15H,2,4,6,8H2,1H3,(H,16,17). The van der Waals surface area contributed by atoms with Crippen molar-refractivity contribution in [3.63, 3.8) is 0 Å². The first-order valence-electron chi connectivity index (χ1n) is 6.25. The summed E-state index contributed by atoms with van der Waals surface area (Å²) < 4.78 is 5.49. The summed E-state index contributed by atoms with van der Waals surface area (Å²) in [6.07, 6.45) is 2.00. The number of aliphatic carboxylic acids is 1. The Kier molecular flexibility index (Phi) is 3.87. The lowest BCUT2D eigenvalue weighted by atomic mass is 9.83. The number of hydrogen-bond acceptors (Lipinski definition) is 3. The molecule has 0 aromatic heterocycles. The van der Waals surface area contributed by atoms with Crippen molar-refractivity contribution in [3.8, 4) is 5.75 Å². The minimum Gasteiger partial charge on any atom is -0.479 e. The third-order valence-corrected chi connectivity index (χ3v) is 3.46. The van der Waals surface area contributed by atoms with Crippen LogP contribution in [0.4, 0.5) is 0 Å². The van der Waals surface area contributed by atoms with Crippen LogP contribution < -0.4 is 4.74 Å². The molecule has 18 heavy (non-hydrogen) atoms. The van der Waals surface area contributed by atoms with E-state index in [0.717, 1.165) is 30.4 Å². The number of aliphatic hydroxyl groups excluding tert-OH is 1. The van der Waals surface area contributed by atoms with E-state index in [0.29, 0.717) is 5.75 Å². The summed E-state index contributed by atoms with van der Waals surface area (Å²) in [4.78, 5) is 10.8. The smallest absolute Gasteiger partial charge is 0.344 e. The minimum atomic E-state index is -0.970. The first kappa shape index (κ1) is 12.9. The Labute approximate surface area is 106 Å². The van der Waals surface area contributed by atoms with Crippen LogP contribution in [0.5, 0.6) is 5.75 Å². The number of benzene rings is 1. The Hall–Kier alpha value is -1.55. The summed E-state index contributed by atoms with van der Waals surface area (Å²) in [5.74, 6) is -0.180. The van der Waals surface area contributed by atoms with Gasteiger partial charge in [0, 0.05) is 12.5 Å². The molecule has 1 aromatic carbocycles. The number of carboxylic acids is 1. The van der Waals surface area contributed by atoms with E-state index in [-0.39, 0.29) is 12.5 Å². The van der Waals surface area contributed by atoms with Gasteiger partial charge in [0.15, 0.2) is 6.10 Å². The van der Waals surface area contributed by atoms with Gasteiger partial charge in [0.2, 0.25) is 0 Å². The van der Waals surface area contributed by atoms with Gasteiger partial charge in [0.05, 0.1) is 0 Å². The Balaban J connectivity index is 2.30. The number of rotatable bonds is 4. The number of carbonyl (C=O) groups is 1. The lowest BCUT2D eigenvalue weighted by molar-refractivity contribution is -0.144. The fraction of sp³-hybridized carbons (Fsp3) is 0.500. The van der Waals surface area contributed by atoms with E-state index in [2.05, 4.69) is 0 Å². The summed E-state index contributed by atoms with van der Waals surface area (Å²) in [7, 11) is 0. The summed E-state index contributed by atoms with van der Waals surface area (Å²) in [5, 5.41) is 18.2. The van der Waals surface area contributed by atoms with Crippen molar-refractivity contribution in [2.24, 2.45) is 0 Å². The highest BCUT2D eigenvalue weighted by Crippen LogP contribution is 2.36. The van der Waals surface area contributed by atoms with E-state index in [1.807, 2.05) is 12.1 Å². The predicted molar refractivity (Wildman–Crippen MR) is 66.9 cm³/mol. The van der Waals surface area contributed by atoms with Crippen molar-refractivity contribution in [2.45, 2.75) is 38.2 Å². The van der Waals surface area contributed by atoms with Crippen molar-refractivity contribution in [1.82, 2.24) is 0 Å². The molecule has 2 atom stereocenters. The normalized spacial score (nSPS) is 20.0. The molecule has 0 fully saturated rings. The zero-order chi connectivity index (χ0) is 13.1. The fourth-order valence-electron chi connectivity index (χ4n) is 2.45. The molecule has 2 unspecified atom stereocenters. The molecular weight excluding hydrogens is 232 g/mol. The van der Waals surface area contributed by atoms with Crippen LogP contribution >= 0.6 is 0 Å². The lowest BCUT2D eigenvalue weighted by Gasteiger charge is -2.26. The van der Waals surface area contributed by atoms with E-state index < -0.39 is 12.1 Å². The lowest BCUT2D eigenvalue weighted by Crippen LogP contribution is -2.24. The van der Waals surface area contributed by atoms with Crippen molar-refractivity contribution in [1.29, 1.82) is 0 Å². The van der Waals surface area contributed by atoms with Gasteiger partial charge >= 0.3 is 5.97 Å². The Morgan fingerprint density at radius 2 is 2.33 bits per heavy atom. The van der Waals surface area contributed by atoms with Crippen LogP contribution in [0.15, 0.2) is 18.2 Å². The summed E-state index contributed by atoms with van der Waals surface area (Å²) in [6.45, 7) is 1.65. The number of carboxylic acid groups (broad SMARTS) is 1. The van der Waals surface area contributed by atoms with Crippen LogP contribution in [0, 0.1) is 0 Å². The average molecular weight is 250 g/mol. The monoisotopic (exact) mass is 250 g/mol. The van der Waals surface area contributed by atoms with E-state index in [1.54, 1.807) is 6.07 Å². The maximum Gasteiger partial charge on any atom is 0.344 e. The second-order valence-corrected chi connectivity index (χ2v) is 4.69. The molecule has 1 aromatic rings. The van der Waals surface area contributed by atoms with Crippen LogP contribution in [0.25, 0.3) is 0 Å². The molecule has 0 bridgehead atoms. The SMILES string of the molecule is CC(Oc1cccc2c1CCCC2CO)C(=O)O. The zero-order valence-corrected chi connectivity index (χ0v) is 10.4. The number of fused-ring (bicyclic) bond motifs is 1. The fourth-order valence-corrected chi connectivity index (χ4v) is 2.45. The minimum absolute atomic E-state index is 0.130. The van der Waals surface area contributed by atoms with Gasteiger partial charge in [0.25, 0.3) is 0 Å². The summed E-state index contributed by atoms with van der Waals surface area (Å²) in [6, 6.07) is 5.66. The van der Waals surface area contributed by atoms with Gasteiger partial charge in [-0.1, -0.05) is 12.1 Å². The van der Waals surface area contributed by atoms with Crippen LogP contribution in [-0.4, -0.2) is 28.9 Å². The molecule has 0 saturated carbocycles. The van der Waals surface area contributed by atoms with Crippen LogP contribution in [0.3, 0.4) is 0 Å². The van der Waals surface area contributed by atoms with E-state index >= 15 is 0 Å². The molecule has 2 N–H and O–H groups in total. The molecule has 1 aliphatic rings. The van der Waals surface area contributed by atoms with Crippen molar-refractivity contribution < 1.29 is 19.7 Å². The van der Waals surface area contributed by atoms with Crippen molar-refractivity contribution in [2.75, 3.05) is 6.61 Å². The molecule has 0 aliphatic heterocycles. The summed E-state index contributed by atoms with van der Waals surface area (Å²) in [5.41, 5.74) is 2.15. The number of ether oxygens (including phenoxy) is 1. The highest BCUT2D eigenvalue weighted by atomic mass is 16.5. The van der Waals surface area contributed by atoms with Crippen molar-refractivity contribution in [3.05, 3.63) is 29.3 Å². The molecule has 2 rings (SSSR count). The van der Waals surface area contributed by atoms with Gasteiger partial charge in [0.1, 0.15) is 5.75 Å². The first-order chi connectivity index (χ1) is 8.63. The van der Waals surface area contributed by atoms with E-state index in [4.69, 9.17) is 9.84 Å². The Bertz CT molecular complexity index is 441. The first-order valence-corrected chi connectivity index (χ1v) is 6.25. The van der Waals surface area contributed by atoms with Crippen LogP contribution in [0.1, 0.15) is 36.8 Å². The highest BCUT2D eigenvalue weighted by molar-refractivity contribution is 5.72. The second-order valence-electron chi connectivity index (χ2n) is 4.69. The van der Waals surface area contributed by atoms with Crippen molar-refractivity contribution >= 4 is 5.97 Å². The number of aliphatic hydroxyl groups is 1. The molecule has 0 amide bonds. The maximum atomic E-state index is 10.8. The van der Waals surface area contributed by atoms with Gasteiger partial charge in [-0.05, 0) is 43.4 Å². The maximum absolute atomic E-state index is 10.8. The third-order valence-electron chi connectivity index (χ3n) is 3.46. The molecule has 0 saturated heterocycles. The second kappa shape index (κ2) is 5.40. The Morgan fingerprint density at radius 3 is 3.00 bits per heavy atom. The van der Waals surface area contributed by atoms with E-state index in [1.165, 1.54) is 6.92 Å². The molecule has 0 radical (unpaired) electrons. The largest absolute Gasteiger partial charge is 0.479 e. The summed E-state index contributed by atoms with van der Waals surface area (Å²) >= 11 is 0. The zero-order valence-electron chi connectivity index (χ0n) is 10.4. The highest BCUT2D eigenvalue weighted by Gasteiger charge is 2.23.